The summed E-state index contributed by atoms with van der Waals surface area (Å²) in [5, 5.41) is 10.3. The third-order valence-electron chi connectivity index (χ3n) is 4.39. The minimum atomic E-state index is -0.279. The van der Waals surface area contributed by atoms with Crippen molar-refractivity contribution in [3.63, 3.8) is 0 Å². The predicted octanol–water partition coefficient (Wildman–Crippen LogP) is 3.27. The monoisotopic (exact) mass is 342 g/mol. The van der Waals surface area contributed by atoms with E-state index in [4.69, 9.17) is 0 Å². The maximum atomic E-state index is 10.3. The lowest BCUT2D eigenvalue weighted by Crippen LogP contribution is -2.48. The van der Waals surface area contributed by atoms with E-state index in [0.29, 0.717) is 0 Å². The summed E-state index contributed by atoms with van der Waals surface area (Å²) >= 11 is 1.74. The fraction of sp³-hybridized carbons (Fsp3) is 0.400. The van der Waals surface area contributed by atoms with E-state index in [0.717, 1.165) is 38.5 Å². The first-order valence-corrected chi connectivity index (χ1v) is 9.59. The van der Waals surface area contributed by atoms with Gasteiger partial charge in [0, 0.05) is 49.1 Å². The second-order valence-electron chi connectivity index (χ2n) is 6.40. The minimum absolute atomic E-state index is 0.279. The second kappa shape index (κ2) is 8.56. The van der Waals surface area contributed by atoms with Crippen LogP contribution in [-0.2, 0) is 0 Å². The largest absolute Gasteiger partial charge is 0.391 e. The van der Waals surface area contributed by atoms with Gasteiger partial charge in [-0.15, -0.1) is 11.8 Å². The van der Waals surface area contributed by atoms with Crippen LogP contribution >= 0.6 is 11.8 Å². The van der Waals surface area contributed by atoms with Gasteiger partial charge in [0.1, 0.15) is 0 Å². The predicted molar refractivity (Wildman–Crippen MR) is 103 cm³/mol. The molecule has 1 heterocycles. The lowest BCUT2D eigenvalue weighted by Gasteiger charge is -2.36. The molecule has 1 aliphatic heterocycles. The summed E-state index contributed by atoms with van der Waals surface area (Å²) in [5.74, 6) is 0.752. The first-order chi connectivity index (χ1) is 11.7. The highest BCUT2D eigenvalue weighted by Crippen LogP contribution is 2.20. The van der Waals surface area contributed by atoms with Crippen LogP contribution in [0.1, 0.15) is 5.56 Å². The zero-order valence-corrected chi connectivity index (χ0v) is 15.1. The Morgan fingerprint density at radius 3 is 2.46 bits per heavy atom. The van der Waals surface area contributed by atoms with E-state index < -0.39 is 0 Å². The quantitative estimate of drug-likeness (QED) is 0.815. The highest BCUT2D eigenvalue weighted by atomic mass is 32.2. The van der Waals surface area contributed by atoms with Crippen LogP contribution in [0.25, 0.3) is 0 Å². The minimum Gasteiger partial charge on any atom is -0.391 e. The molecule has 0 spiro atoms. The van der Waals surface area contributed by atoms with Crippen LogP contribution in [-0.4, -0.2) is 54.6 Å². The number of aliphatic hydroxyl groups is 1. The van der Waals surface area contributed by atoms with Crippen molar-refractivity contribution in [2.75, 3.05) is 43.4 Å². The number of rotatable bonds is 6. The molecule has 0 radical (unpaired) electrons. The molecule has 0 aromatic heterocycles. The molecule has 3 rings (SSSR count). The van der Waals surface area contributed by atoms with E-state index in [-0.39, 0.29) is 6.10 Å². The van der Waals surface area contributed by atoms with Crippen molar-refractivity contribution in [2.24, 2.45) is 0 Å². The summed E-state index contributed by atoms with van der Waals surface area (Å²) in [5.41, 5.74) is 2.57. The van der Waals surface area contributed by atoms with Gasteiger partial charge in [0.05, 0.1) is 6.10 Å². The number of aryl methyl sites for hydroxylation is 1. The molecule has 0 aliphatic carbocycles. The van der Waals surface area contributed by atoms with E-state index in [1.54, 1.807) is 11.8 Å². The number of β-amino-alcohol motifs (C(OH)–C–C–N with tert-alkyl or cyclic N) is 1. The van der Waals surface area contributed by atoms with E-state index in [1.807, 2.05) is 0 Å². The molecule has 0 amide bonds. The number of thioether (sulfide) groups is 1. The summed E-state index contributed by atoms with van der Waals surface area (Å²) in [6.07, 6.45) is -0.279. The smallest absolute Gasteiger partial charge is 0.0760 e. The fourth-order valence-electron chi connectivity index (χ4n) is 3.08. The van der Waals surface area contributed by atoms with Gasteiger partial charge in [-0.25, -0.2) is 0 Å². The van der Waals surface area contributed by atoms with Gasteiger partial charge in [-0.05, 0) is 31.2 Å². The maximum absolute atomic E-state index is 10.3. The molecule has 3 nitrogen and oxygen atoms in total. The molecule has 0 unspecified atom stereocenters. The first kappa shape index (κ1) is 17.3. The van der Waals surface area contributed by atoms with Crippen molar-refractivity contribution in [3.05, 3.63) is 60.2 Å². The Labute approximate surface area is 149 Å². The summed E-state index contributed by atoms with van der Waals surface area (Å²) in [7, 11) is 0. The lowest BCUT2D eigenvalue weighted by atomic mass is 10.2. The van der Waals surface area contributed by atoms with Crippen molar-refractivity contribution in [3.8, 4) is 0 Å². The number of hydrogen-bond donors (Lipinski definition) is 1. The molecular weight excluding hydrogens is 316 g/mol. The molecule has 1 fully saturated rings. The molecule has 2 aromatic carbocycles. The average molecular weight is 343 g/mol. The van der Waals surface area contributed by atoms with Crippen LogP contribution in [0.4, 0.5) is 5.69 Å². The van der Waals surface area contributed by atoms with E-state index >= 15 is 0 Å². The molecule has 1 N–H and O–H groups in total. The second-order valence-corrected chi connectivity index (χ2v) is 7.50. The molecule has 0 bridgehead atoms. The summed E-state index contributed by atoms with van der Waals surface area (Å²) in [6, 6.07) is 19.1. The number of piperazine rings is 1. The normalized spacial score (nSPS) is 17.0. The van der Waals surface area contributed by atoms with Crippen LogP contribution in [0.5, 0.6) is 0 Å². The third-order valence-corrected chi connectivity index (χ3v) is 5.53. The van der Waals surface area contributed by atoms with Crippen LogP contribution in [0.2, 0.25) is 0 Å². The van der Waals surface area contributed by atoms with Crippen LogP contribution in [0, 0.1) is 6.92 Å². The zero-order valence-electron chi connectivity index (χ0n) is 14.3. The maximum Gasteiger partial charge on any atom is 0.0760 e. The summed E-state index contributed by atoms with van der Waals surface area (Å²) < 4.78 is 0. The summed E-state index contributed by atoms with van der Waals surface area (Å²) in [6.45, 7) is 6.96. The first-order valence-electron chi connectivity index (χ1n) is 8.60. The Hall–Kier alpha value is -1.49. The van der Waals surface area contributed by atoms with Gasteiger partial charge < -0.3 is 10.0 Å². The Bertz CT molecular complexity index is 627. The third kappa shape index (κ3) is 5.00. The fourth-order valence-corrected chi connectivity index (χ4v) is 4.01. The van der Waals surface area contributed by atoms with Gasteiger partial charge >= 0.3 is 0 Å². The van der Waals surface area contributed by atoms with Crippen LogP contribution < -0.4 is 4.90 Å². The standard InChI is InChI=1S/C20H26N2OS/c1-17-6-5-9-20(14-17)24-16-19(23)15-21-10-12-22(13-11-21)18-7-3-2-4-8-18/h2-9,14,19,23H,10-13,15-16H2,1H3/t19-/m1/s1. The molecule has 24 heavy (non-hydrogen) atoms. The van der Waals surface area contributed by atoms with Gasteiger partial charge in [0.2, 0.25) is 0 Å². The van der Waals surface area contributed by atoms with Gasteiger partial charge in [0.15, 0.2) is 0 Å². The van der Waals surface area contributed by atoms with Crippen molar-refractivity contribution >= 4 is 17.4 Å². The molecule has 1 aliphatic rings. The van der Waals surface area contributed by atoms with Crippen molar-refractivity contribution in [2.45, 2.75) is 17.9 Å². The molecule has 128 valence electrons. The lowest BCUT2D eigenvalue weighted by molar-refractivity contribution is 0.126. The highest BCUT2D eigenvalue weighted by molar-refractivity contribution is 7.99. The van der Waals surface area contributed by atoms with Crippen LogP contribution in [0.3, 0.4) is 0 Å². The van der Waals surface area contributed by atoms with Gasteiger partial charge in [-0.3, -0.25) is 4.90 Å². The van der Waals surface area contributed by atoms with Gasteiger partial charge in [-0.2, -0.15) is 0 Å². The molecule has 1 saturated heterocycles. The molecule has 2 aromatic rings. The Morgan fingerprint density at radius 1 is 1.00 bits per heavy atom. The zero-order chi connectivity index (χ0) is 16.8. The average Bonchev–Trinajstić information content (AvgIpc) is 2.61. The topological polar surface area (TPSA) is 26.7 Å². The number of hydrogen-bond acceptors (Lipinski definition) is 4. The SMILES string of the molecule is Cc1cccc(SC[C@H](O)CN2CCN(c3ccccc3)CC2)c1. The van der Waals surface area contributed by atoms with Gasteiger partial charge in [-0.1, -0.05) is 35.9 Å². The number of para-hydroxylation sites is 1. The number of anilines is 1. The number of aliphatic hydroxyl groups excluding tert-OH is 1. The van der Waals surface area contributed by atoms with Crippen molar-refractivity contribution < 1.29 is 5.11 Å². The van der Waals surface area contributed by atoms with Crippen molar-refractivity contribution in [1.29, 1.82) is 0 Å². The number of benzene rings is 2. The number of nitrogens with zero attached hydrogens (tertiary/aromatic N) is 2. The summed E-state index contributed by atoms with van der Waals surface area (Å²) in [4.78, 5) is 6.04. The van der Waals surface area contributed by atoms with Crippen LogP contribution in [0.15, 0.2) is 59.5 Å². The van der Waals surface area contributed by atoms with E-state index in [2.05, 4.69) is 71.3 Å². The molecular formula is C20H26N2OS. The Kier molecular flexibility index (Phi) is 6.18. The molecule has 1 atom stereocenters. The molecule has 4 heteroatoms. The Balaban J connectivity index is 1.41. The van der Waals surface area contributed by atoms with E-state index in [9.17, 15) is 5.11 Å². The van der Waals surface area contributed by atoms with E-state index in [1.165, 1.54) is 16.1 Å². The highest BCUT2D eigenvalue weighted by Gasteiger charge is 2.19. The Morgan fingerprint density at radius 2 is 1.75 bits per heavy atom. The van der Waals surface area contributed by atoms with Gasteiger partial charge in [0.25, 0.3) is 0 Å². The molecule has 0 saturated carbocycles. The van der Waals surface area contributed by atoms with Crippen molar-refractivity contribution in [1.82, 2.24) is 4.90 Å².